The van der Waals surface area contributed by atoms with E-state index in [0.717, 1.165) is 29.1 Å². The maximum absolute atomic E-state index is 9.90. The van der Waals surface area contributed by atoms with Crippen molar-refractivity contribution in [1.29, 1.82) is 0 Å². The minimum atomic E-state index is 0.211. The van der Waals surface area contributed by atoms with Crippen LogP contribution in [0.4, 0.5) is 0 Å². The quantitative estimate of drug-likeness (QED) is 0.863. The third-order valence-electron chi connectivity index (χ3n) is 2.95. The Kier molecular flexibility index (Phi) is 2.88. The van der Waals surface area contributed by atoms with Gasteiger partial charge in [-0.05, 0) is 32.8 Å². The molecule has 0 spiro atoms. The lowest BCUT2D eigenvalue weighted by molar-refractivity contribution is 0.441. The fraction of sp³-hybridized carbons (Fsp3) is 0.385. The summed E-state index contributed by atoms with van der Waals surface area (Å²) in [6.07, 6.45) is 2.79. The molecule has 4 nitrogen and oxygen atoms in total. The van der Waals surface area contributed by atoms with Crippen molar-refractivity contribution >= 4 is 0 Å². The third kappa shape index (κ3) is 2.02. The number of aromatic hydroxyl groups is 1. The van der Waals surface area contributed by atoms with E-state index in [0.29, 0.717) is 5.82 Å². The molecule has 17 heavy (non-hydrogen) atoms. The number of rotatable bonds is 2. The van der Waals surface area contributed by atoms with Crippen LogP contribution in [0.25, 0.3) is 5.82 Å². The smallest absolute Gasteiger partial charge is 0.197 e. The number of hydrogen-bond acceptors (Lipinski definition) is 3. The first-order valence-corrected chi connectivity index (χ1v) is 5.75. The fourth-order valence-electron chi connectivity index (χ4n) is 1.80. The molecule has 0 atom stereocenters. The Morgan fingerprint density at radius 1 is 1.12 bits per heavy atom. The molecule has 0 aromatic carbocycles. The second-order valence-electron chi connectivity index (χ2n) is 4.23. The zero-order valence-electron chi connectivity index (χ0n) is 10.7. The average molecular weight is 231 g/mol. The highest BCUT2D eigenvalue weighted by atomic mass is 16.3. The van der Waals surface area contributed by atoms with Crippen LogP contribution in [0.1, 0.15) is 29.6 Å². The molecule has 0 aliphatic heterocycles. The van der Waals surface area contributed by atoms with E-state index in [-0.39, 0.29) is 5.88 Å². The van der Waals surface area contributed by atoms with Gasteiger partial charge >= 0.3 is 0 Å². The zero-order valence-corrected chi connectivity index (χ0v) is 10.7. The highest BCUT2D eigenvalue weighted by Gasteiger charge is 2.11. The Labute approximate surface area is 101 Å². The Morgan fingerprint density at radius 2 is 1.76 bits per heavy atom. The molecule has 0 saturated carbocycles. The molecule has 2 rings (SSSR count). The van der Waals surface area contributed by atoms with Gasteiger partial charge in [-0.3, -0.25) is 9.55 Å². The molecule has 4 heteroatoms. The van der Waals surface area contributed by atoms with Gasteiger partial charge in [0.25, 0.3) is 0 Å². The predicted molar refractivity (Wildman–Crippen MR) is 66.6 cm³/mol. The van der Waals surface area contributed by atoms with Crippen LogP contribution < -0.4 is 0 Å². The summed E-state index contributed by atoms with van der Waals surface area (Å²) in [5.41, 5.74) is 3.72. The van der Waals surface area contributed by atoms with E-state index in [2.05, 4.69) is 16.9 Å². The second-order valence-corrected chi connectivity index (χ2v) is 4.23. The largest absolute Gasteiger partial charge is 0.494 e. The van der Waals surface area contributed by atoms with Crippen LogP contribution in [0.2, 0.25) is 0 Å². The van der Waals surface area contributed by atoms with Crippen LogP contribution in [0.5, 0.6) is 5.88 Å². The lowest BCUT2D eigenvalue weighted by Crippen LogP contribution is -2.05. The standard InChI is InChI=1S/C13H17N3O/c1-5-11-6-12(17)16(7-11)13-10(4)14-8(2)9(3)15-13/h6-7,17H,5H2,1-4H3. The normalized spacial score (nSPS) is 10.8. The van der Waals surface area contributed by atoms with Gasteiger partial charge in [-0.2, -0.15) is 0 Å². The van der Waals surface area contributed by atoms with Crippen LogP contribution in [-0.2, 0) is 6.42 Å². The van der Waals surface area contributed by atoms with Crippen molar-refractivity contribution in [3.63, 3.8) is 0 Å². The number of aryl methyl sites for hydroxylation is 4. The molecular weight excluding hydrogens is 214 g/mol. The van der Waals surface area contributed by atoms with E-state index in [9.17, 15) is 5.11 Å². The summed E-state index contributed by atoms with van der Waals surface area (Å²) >= 11 is 0. The molecule has 90 valence electrons. The van der Waals surface area contributed by atoms with E-state index in [1.54, 1.807) is 10.6 Å². The van der Waals surface area contributed by atoms with Crippen molar-refractivity contribution in [3.8, 4) is 11.7 Å². The molecule has 0 amide bonds. The lowest BCUT2D eigenvalue weighted by atomic mass is 10.3. The van der Waals surface area contributed by atoms with Crippen LogP contribution in [0.15, 0.2) is 12.3 Å². The third-order valence-corrected chi connectivity index (χ3v) is 2.95. The zero-order chi connectivity index (χ0) is 12.6. The fourth-order valence-corrected chi connectivity index (χ4v) is 1.80. The van der Waals surface area contributed by atoms with Crippen molar-refractivity contribution < 1.29 is 5.11 Å². The minimum absolute atomic E-state index is 0.211. The van der Waals surface area contributed by atoms with Gasteiger partial charge in [-0.25, -0.2) is 4.98 Å². The van der Waals surface area contributed by atoms with Gasteiger partial charge in [0, 0.05) is 12.3 Å². The first kappa shape index (κ1) is 11.6. The monoisotopic (exact) mass is 231 g/mol. The molecule has 0 bridgehead atoms. The van der Waals surface area contributed by atoms with Gasteiger partial charge in [0.05, 0.1) is 17.1 Å². The highest BCUT2D eigenvalue weighted by molar-refractivity contribution is 5.38. The average Bonchev–Trinajstić information content (AvgIpc) is 2.65. The van der Waals surface area contributed by atoms with E-state index in [1.807, 2.05) is 27.0 Å². The molecule has 0 aliphatic carbocycles. The maximum Gasteiger partial charge on any atom is 0.197 e. The molecule has 2 aromatic rings. The SMILES string of the molecule is CCc1cc(O)n(-c2nc(C)c(C)nc2C)c1. The molecule has 0 aliphatic rings. The molecule has 0 radical (unpaired) electrons. The van der Waals surface area contributed by atoms with Crippen LogP contribution >= 0.6 is 0 Å². The summed E-state index contributed by atoms with van der Waals surface area (Å²) in [7, 11) is 0. The molecule has 0 saturated heterocycles. The van der Waals surface area contributed by atoms with Crippen LogP contribution in [0.3, 0.4) is 0 Å². The number of nitrogens with zero attached hydrogens (tertiary/aromatic N) is 3. The van der Waals surface area contributed by atoms with Gasteiger partial charge in [0.15, 0.2) is 11.7 Å². The van der Waals surface area contributed by atoms with Crippen LogP contribution in [-0.4, -0.2) is 19.6 Å². The van der Waals surface area contributed by atoms with Gasteiger partial charge in [-0.15, -0.1) is 0 Å². The van der Waals surface area contributed by atoms with Crippen LogP contribution in [0, 0.1) is 20.8 Å². The summed E-state index contributed by atoms with van der Waals surface area (Å²) in [4.78, 5) is 8.92. The summed E-state index contributed by atoms with van der Waals surface area (Å²) in [5.74, 6) is 0.910. The molecule has 1 N–H and O–H groups in total. The van der Waals surface area contributed by atoms with Crippen molar-refractivity contribution in [3.05, 3.63) is 34.9 Å². The van der Waals surface area contributed by atoms with Crippen molar-refractivity contribution in [2.75, 3.05) is 0 Å². The van der Waals surface area contributed by atoms with Crippen molar-refractivity contribution in [1.82, 2.24) is 14.5 Å². The van der Waals surface area contributed by atoms with Gasteiger partial charge < -0.3 is 5.11 Å². The van der Waals surface area contributed by atoms with Gasteiger partial charge in [0.1, 0.15) is 0 Å². The summed E-state index contributed by atoms with van der Waals surface area (Å²) in [6, 6.07) is 1.76. The number of aromatic nitrogens is 3. The van der Waals surface area contributed by atoms with E-state index in [1.165, 1.54) is 0 Å². The van der Waals surface area contributed by atoms with Crippen molar-refractivity contribution in [2.24, 2.45) is 0 Å². The predicted octanol–water partition coefficient (Wildman–Crippen LogP) is 2.46. The summed E-state index contributed by atoms with van der Waals surface area (Å²) in [6.45, 7) is 7.82. The Morgan fingerprint density at radius 3 is 2.35 bits per heavy atom. The van der Waals surface area contributed by atoms with Gasteiger partial charge in [-0.1, -0.05) is 6.92 Å². The molecule has 0 unspecified atom stereocenters. The number of hydrogen-bond donors (Lipinski definition) is 1. The topological polar surface area (TPSA) is 50.9 Å². The van der Waals surface area contributed by atoms with Gasteiger partial charge in [0.2, 0.25) is 0 Å². The van der Waals surface area contributed by atoms with E-state index in [4.69, 9.17) is 0 Å². The molecular formula is C13H17N3O. The van der Waals surface area contributed by atoms with E-state index >= 15 is 0 Å². The first-order chi connectivity index (χ1) is 8.02. The molecule has 2 aromatic heterocycles. The van der Waals surface area contributed by atoms with Crippen molar-refractivity contribution in [2.45, 2.75) is 34.1 Å². The first-order valence-electron chi connectivity index (χ1n) is 5.75. The summed E-state index contributed by atoms with van der Waals surface area (Å²) < 4.78 is 1.69. The summed E-state index contributed by atoms with van der Waals surface area (Å²) in [5, 5.41) is 9.90. The second kappa shape index (κ2) is 4.20. The maximum atomic E-state index is 9.90. The molecule has 0 fully saturated rings. The highest BCUT2D eigenvalue weighted by Crippen LogP contribution is 2.22. The Bertz CT molecular complexity index is 558. The Hall–Kier alpha value is -1.84. The molecule has 2 heterocycles. The van der Waals surface area contributed by atoms with E-state index < -0.39 is 0 Å². The minimum Gasteiger partial charge on any atom is -0.494 e. The Balaban J connectivity index is 2.59. The lowest BCUT2D eigenvalue weighted by Gasteiger charge is -2.09.